The highest BCUT2D eigenvalue weighted by Crippen LogP contribution is 2.23. The van der Waals surface area contributed by atoms with Gasteiger partial charge in [0.15, 0.2) is 0 Å². The Morgan fingerprint density at radius 3 is 2.94 bits per heavy atom. The number of nitrogens with zero attached hydrogens (tertiary/aromatic N) is 1. The molecule has 4 nitrogen and oxygen atoms in total. The number of amides is 1. The average Bonchev–Trinajstić information content (AvgIpc) is 2.56. The van der Waals surface area contributed by atoms with Crippen molar-refractivity contribution >= 4 is 17.2 Å². The number of likely N-dealkylation sites (N-methyl/N-ethyl adjacent to an activating group) is 1. The molecule has 1 aliphatic carbocycles. The van der Waals surface area contributed by atoms with E-state index in [1.807, 2.05) is 6.92 Å². The second-order valence-electron chi connectivity index (χ2n) is 3.98. The first kappa shape index (κ1) is 11.4. The van der Waals surface area contributed by atoms with Crippen molar-refractivity contribution in [3.8, 4) is 0 Å². The van der Waals surface area contributed by atoms with E-state index >= 15 is 0 Å². The summed E-state index contributed by atoms with van der Waals surface area (Å²) >= 11 is 1.30. The lowest BCUT2D eigenvalue weighted by molar-refractivity contribution is -0.121. The van der Waals surface area contributed by atoms with E-state index < -0.39 is 0 Å². The van der Waals surface area contributed by atoms with Crippen LogP contribution in [0.1, 0.15) is 30.3 Å². The standard InChI is InChI=1S/C11H16N2O2S/c1-2-12-10(14)7-13-8-5-3-4-6-9(8)16-11(13)15/h2-7H2,1H3,(H,12,14). The van der Waals surface area contributed by atoms with Gasteiger partial charge in [-0.25, -0.2) is 0 Å². The third-order valence-corrected chi connectivity index (χ3v) is 3.90. The lowest BCUT2D eigenvalue weighted by atomic mass is 10.0. The zero-order chi connectivity index (χ0) is 11.5. The van der Waals surface area contributed by atoms with Gasteiger partial charge in [-0.3, -0.25) is 14.2 Å². The molecule has 0 aromatic carbocycles. The summed E-state index contributed by atoms with van der Waals surface area (Å²) < 4.78 is 1.64. The first-order chi connectivity index (χ1) is 7.72. The number of rotatable bonds is 3. The summed E-state index contributed by atoms with van der Waals surface area (Å²) in [4.78, 5) is 24.4. The average molecular weight is 240 g/mol. The number of aryl methyl sites for hydroxylation is 1. The molecule has 88 valence electrons. The normalized spacial score (nSPS) is 14.6. The van der Waals surface area contributed by atoms with Gasteiger partial charge in [-0.2, -0.15) is 0 Å². The Balaban J connectivity index is 2.23. The number of hydrogen-bond acceptors (Lipinski definition) is 3. The van der Waals surface area contributed by atoms with Gasteiger partial charge < -0.3 is 5.32 Å². The SMILES string of the molecule is CCNC(=O)Cn1c2c(sc1=O)CCCC2. The van der Waals surface area contributed by atoms with Crippen LogP contribution in [0.15, 0.2) is 4.79 Å². The fraction of sp³-hybridized carbons (Fsp3) is 0.636. The van der Waals surface area contributed by atoms with E-state index in [0.717, 1.165) is 31.4 Å². The molecule has 1 aromatic heterocycles. The maximum Gasteiger partial charge on any atom is 0.308 e. The van der Waals surface area contributed by atoms with Gasteiger partial charge >= 0.3 is 4.87 Å². The topological polar surface area (TPSA) is 51.1 Å². The monoisotopic (exact) mass is 240 g/mol. The van der Waals surface area contributed by atoms with Crippen LogP contribution in [0.5, 0.6) is 0 Å². The zero-order valence-corrected chi connectivity index (χ0v) is 10.2. The van der Waals surface area contributed by atoms with Gasteiger partial charge in [0.1, 0.15) is 6.54 Å². The van der Waals surface area contributed by atoms with Crippen LogP contribution >= 0.6 is 11.3 Å². The summed E-state index contributed by atoms with van der Waals surface area (Å²) in [5.41, 5.74) is 1.09. The number of carbonyl (C=O) groups excluding carboxylic acids is 1. The van der Waals surface area contributed by atoms with Crippen LogP contribution in [0.4, 0.5) is 0 Å². The van der Waals surface area contributed by atoms with E-state index in [0.29, 0.717) is 6.54 Å². The van der Waals surface area contributed by atoms with E-state index in [1.54, 1.807) is 4.57 Å². The number of aromatic nitrogens is 1. The first-order valence-electron chi connectivity index (χ1n) is 5.70. The van der Waals surface area contributed by atoms with E-state index in [1.165, 1.54) is 16.2 Å². The van der Waals surface area contributed by atoms with Gasteiger partial charge in [-0.05, 0) is 32.6 Å². The molecule has 1 aromatic rings. The molecule has 0 fully saturated rings. The van der Waals surface area contributed by atoms with Crippen molar-refractivity contribution in [1.82, 2.24) is 9.88 Å². The van der Waals surface area contributed by atoms with Gasteiger partial charge in [0.2, 0.25) is 5.91 Å². The molecule has 0 saturated heterocycles. The zero-order valence-electron chi connectivity index (χ0n) is 9.41. The minimum Gasteiger partial charge on any atom is -0.355 e. The van der Waals surface area contributed by atoms with E-state index in [-0.39, 0.29) is 17.3 Å². The molecule has 0 spiro atoms. The highest BCUT2D eigenvalue weighted by Gasteiger charge is 2.19. The third-order valence-electron chi connectivity index (χ3n) is 2.82. The summed E-state index contributed by atoms with van der Waals surface area (Å²) in [5, 5.41) is 2.72. The predicted molar refractivity (Wildman–Crippen MR) is 63.9 cm³/mol. The number of fused-ring (bicyclic) bond motifs is 1. The van der Waals surface area contributed by atoms with Crippen LogP contribution in [-0.4, -0.2) is 17.0 Å². The van der Waals surface area contributed by atoms with Gasteiger partial charge in [0, 0.05) is 17.1 Å². The fourth-order valence-corrected chi connectivity index (χ4v) is 3.16. The van der Waals surface area contributed by atoms with Crippen molar-refractivity contribution in [3.63, 3.8) is 0 Å². The Labute approximate surface area is 98.3 Å². The largest absolute Gasteiger partial charge is 0.355 e. The molecule has 0 aliphatic heterocycles. The molecule has 0 unspecified atom stereocenters. The van der Waals surface area contributed by atoms with Crippen LogP contribution in [-0.2, 0) is 24.2 Å². The van der Waals surface area contributed by atoms with Gasteiger partial charge in [-0.1, -0.05) is 11.3 Å². The molecule has 5 heteroatoms. The van der Waals surface area contributed by atoms with Crippen LogP contribution in [0.3, 0.4) is 0 Å². The molecule has 1 amide bonds. The van der Waals surface area contributed by atoms with Crippen LogP contribution in [0, 0.1) is 0 Å². The molecule has 16 heavy (non-hydrogen) atoms. The van der Waals surface area contributed by atoms with Crippen molar-refractivity contribution in [3.05, 3.63) is 20.2 Å². The summed E-state index contributed by atoms with van der Waals surface area (Å²) in [6, 6.07) is 0. The molecule has 0 bridgehead atoms. The fourth-order valence-electron chi connectivity index (χ4n) is 2.08. The highest BCUT2D eigenvalue weighted by molar-refractivity contribution is 7.09. The van der Waals surface area contributed by atoms with E-state index in [4.69, 9.17) is 0 Å². The van der Waals surface area contributed by atoms with Crippen LogP contribution in [0.25, 0.3) is 0 Å². The van der Waals surface area contributed by atoms with Crippen molar-refractivity contribution in [2.24, 2.45) is 0 Å². The predicted octanol–water partition coefficient (Wildman–Crippen LogP) is 0.925. The Bertz CT molecular complexity index is 447. The number of carbonyl (C=O) groups is 1. The molecule has 1 aliphatic rings. The Kier molecular flexibility index (Phi) is 3.43. The summed E-state index contributed by atoms with van der Waals surface area (Å²) in [5.74, 6) is -0.0734. The summed E-state index contributed by atoms with van der Waals surface area (Å²) in [6.07, 6.45) is 4.22. The molecule has 1 heterocycles. The van der Waals surface area contributed by atoms with Crippen LogP contribution in [0.2, 0.25) is 0 Å². The van der Waals surface area contributed by atoms with Crippen molar-refractivity contribution in [2.75, 3.05) is 6.54 Å². The molecular formula is C11H16N2O2S. The second-order valence-corrected chi connectivity index (χ2v) is 5.03. The molecule has 0 radical (unpaired) electrons. The van der Waals surface area contributed by atoms with Gasteiger partial charge in [0.25, 0.3) is 0 Å². The quantitative estimate of drug-likeness (QED) is 0.854. The molecule has 2 rings (SSSR count). The lowest BCUT2D eigenvalue weighted by Crippen LogP contribution is -2.31. The van der Waals surface area contributed by atoms with E-state index in [2.05, 4.69) is 5.32 Å². The molecule has 0 saturated carbocycles. The van der Waals surface area contributed by atoms with Crippen LogP contribution < -0.4 is 10.2 Å². The van der Waals surface area contributed by atoms with Crippen molar-refractivity contribution in [2.45, 2.75) is 39.2 Å². The third kappa shape index (κ3) is 2.19. The number of hydrogen-bond donors (Lipinski definition) is 1. The minimum atomic E-state index is -0.0734. The second kappa shape index (κ2) is 4.82. The summed E-state index contributed by atoms with van der Waals surface area (Å²) in [7, 11) is 0. The number of thiazole rings is 1. The first-order valence-corrected chi connectivity index (χ1v) is 6.52. The molecule has 1 N–H and O–H groups in total. The van der Waals surface area contributed by atoms with Gasteiger partial charge in [-0.15, -0.1) is 0 Å². The maximum absolute atomic E-state index is 11.7. The Hall–Kier alpha value is -1.10. The Morgan fingerprint density at radius 1 is 1.44 bits per heavy atom. The van der Waals surface area contributed by atoms with Crippen molar-refractivity contribution < 1.29 is 4.79 Å². The molecular weight excluding hydrogens is 224 g/mol. The number of nitrogens with one attached hydrogen (secondary N) is 1. The van der Waals surface area contributed by atoms with E-state index in [9.17, 15) is 9.59 Å². The minimum absolute atomic E-state index is 0.0122. The maximum atomic E-state index is 11.7. The summed E-state index contributed by atoms with van der Waals surface area (Å²) in [6.45, 7) is 2.67. The highest BCUT2D eigenvalue weighted by atomic mass is 32.1. The van der Waals surface area contributed by atoms with Crippen molar-refractivity contribution in [1.29, 1.82) is 0 Å². The lowest BCUT2D eigenvalue weighted by Gasteiger charge is -2.13. The van der Waals surface area contributed by atoms with Gasteiger partial charge in [0.05, 0.1) is 0 Å². The Morgan fingerprint density at radius 2 is 2.19 bits per heavy atom. The molecule has 0 atom stereocenters. The smallest absolute Gasteiger partial charge is 0.308 e.